The Morgan fingerprint density at radius 1 is 1.62 bits per heavy atom. The van der Waals surface area contributed by atoms with E-state index in [2.05, 4.69) is 16.9 Å². The van der Waals surface area contributed by atoms with Gasteiger partial charge in [0, 0.05) is 5.71 Å². The van der Waals surface area contributed by atoms with Gasteiger partial charge in [0.25, 0.3) is 0 Å². The molecule has 44 valence electrons. The Bertz CT molecular complexity index is 145. The second-order valence-corrected chi connectivity index (χ2v) is 1.90. The summed E-state index contributed by atoms with van der Waals surface area (Å²) in [6.07, 6.45) is 1.04. The molecule has 0 fully saturated rings. The molecule has 0 saturated heterocycles. The third-order valence-corrected chi connectivity index (χ3v) is 1.22. The van der Waals surface area contributed by atoms with Crippen LogP contribution in [0.5, 0.6) is 0 Å². The molecule has 8 heavy (non-hydrogen) atoms. The molecule has 0 saturated carbocycles. The summed E-state index contributed by atoms with van der Waals surface area (Å²) in [4.78, 5) is 8.27. The van der Waals surface area contributed by atoms with Crippen LogP contribution in [0.2, 0.25) is 0 Å². The maximum absolute atomic E-state index is 4.17. The molecule has 2 nitrogen and oxygen atoms in total. The molecule has 0 aromatic rings. The maximum Gasteiger partial charge on any atom is 0.120 e. The molecule has 1 rings (SSSR count). The van der Waals surface area contributed by atoms with Crippen LogP contribution in [0, 0.1) is 0 Å². The minimum Gasteiger partial charge on any atom is -0.265 e. The highest BCUT2D eigenvalue weighted by molar-refractivity contribution is 6.02. The van der Waals surface area contributed by atoms with E-state index in [0.717, 1.165) is 18.8 Å². The average molecular weight is 110 g/mol. The third kappa shape index (κ3) is 0.941. The summed E-state index contributed by atoms with van der Waals surface area (Å²) in [7, 11) is 0. The van der Waals surface area contributed by atoms with Gasteiger partial charge in [-0.3, -0.25) is 4.99 Å². The molecule has 0 aromatic heterocycles. The fourth-order valence-electron chi connectivity index (χ4n) is 0.696. The Hall–Kier alpha value is -0.660. The van der Waals surface area contributed by atoms with Crippen molar-refractivity contribution in [3.05, 3.63) is 0 Å². The zero-order valence-electron chi connectivity index (χ0n) is 5.31. The molecular weight excluding hydrogens is 100 g/mol. The maximum atomic E-state index is 4.17. The molecule has 0 N–H and O–H groups in total. The molecule has 1 aliphatic rings. The molecule has 2 heteroatoms. The lowest BCUT2D eigenvalue weighted by Gasteiger charge is -1.85. The first kappa shape index (κ1) is 5.48. The quantitative estimate of drug-likeness (QED) is 0.485. The lowest BCUT2D eigenvalue weighted by atomic mass is 10.3. The first-order chi connectivity index (χ1) is 3.83. The SMILES string of the molecule is CCC1=NC(C)=NC1. The molecule has 0 amide bonds. The highest BCUT2D eigenvalue weighted by Gasteiger charge is 2.01. The summed E-state index contributed by atoms with van der Waals surface area (Å²) in [5, 5.41) is 0. The molecule has 0 unspecified atom stereocenters. The van der Waals surface area contributed by atoms with E-state index in [0.29, 0.717) is 0 Å². The van der Waals surface area contributed by atoms with Gasteiger partial charge < -0.3 is 0 Å². The number of aliphatic imine (C=N–C) groups is 2. The second-order valence-electron chi connectivity index (χ2n) is 1.90. The number of hydrogen-bond acceptors (Lipinski definition) is 2. The van der Waals surface area contributed by atoms with Gasteiger partial charge >= 0.3 is 0 Å². The van der Waals surface area contributed by atoms with Crippen molar-refractivity contribution in [2.45, 2.75) is 20.3 Å². The Labute approximate surface area is 49.3 Å². The molecule has 0 aromatic carbocycles. The van der Waals surface area contributed by atoms with Gasteiger partial charge in [0.05, 0.1) is 6.54 Å². The molecule has 1 heterocycles. The fraction of sp³-hybridized carbons (Fsp3) is 0.667. The smallest absolute Gasteiger partial charge is 0.120 e. The number of rotatable bonds is 1. The van der Waals surface area contributed by atoms with Crippen molar-refractivity contribution in [3.8, 4) is 0 Å². The zero-order valence-corrected chi connectivity index (χ0v) is 5.31. The third-order valence-electron chi connectivity index (χ3n) is 1.22. The van der Waals surface area contributed by atoms with E-state index in [4.69, 9.17) is 0 Å². The Morgan fingerprint density at radius 3 is 2.62 bits per heavy atom. The average Bonchev–Trinajstić information content (AvgIpc) is 2.14. The Morgan fingerprint density at radius 2 is 2.38 bits per heavy atom. The van der Waals surface area contributed by atoms with Gasteiger partial charge in [-0.25, -0.2) is 4.99 Å². The highest BCUT2D eigenvalue weighted by Crippen LogP contribution is 1.97. The summed E-state index contributed by atoms with van der Waals surface area (Å²) in [6, 6.07) is 0. The van der Waals surface area contributed by atoms with Crippen LogP contribution < -0.4 is 0 Å². The minimum absolute atomic E-state index is 0.836. The van der Waals surface area contributed by atoms with Gasteiger partial charge in [-0.15, -0.1) is 0 Å². The van der Waals surface area contributed by atoms with E-state index < -0.39 is 0 Å². The molecule has 0 spiro atoms. The van der Waals surface area contributed by atoms with Crippen LogP contribution in [-0.4, -0.2) is 18.1 Å². The summed E-state index contributed by atoms with van der Waals surface area (Å²) >= 11 is 0. The summed E-state index contributed by atoms with van der Waals surface area (Å²) < 4.78 is 0. The van der Waals surface area contributed by atoms with Gasteiger partial charge in [0.2, 0.25) is 0 Å². The van der Waals surface area contributed by atoms with Crippen LogP contribution >= 0.6 is 0 Å². The van der Waals surface area contributed by atoms with Gasteiger partial charge in [-0.05, 0) is 13.3 Å². The van der Waals surface area contributed by atoms with Crippen molar-refractivity contribution in [2.24, 2.45) is 9.98 Å². The van der Waals surface area contributed by atoms with Crippen molar-refractivity contribution in [2.75, 3.05) is 6.54 Å². The van der Waals surface area contributed by atoms with Crippen molar-refractivity contribution in [1.82, 2.24) is 0 Å². The van der Waals surface area contributed by atoms with Crippen LogP contribution in [0.25, 0.3) is 0 Å². The minimum atomic E-state index is 0.836. The van der Waals surface area contributed by atoms with Crippen LogP contribution in [-0.2, 0) is 0 Å². The number of hydrogen-bond donors (Lipinski definition) is 0. The van der Waals surface area contributed by atoms with Gasteiger partial charge in [-0.2, -0.15) is 0 Å². The van der Waals surface area contributed by atoms with E-state index in [1.807, 2.05) is 6.92 Å². The topological polar surface area (TPSA) is 24.7 Å². The van der Waals surface area contributed by atoms with Crippen molar-refractivity contribution in [3.63, 3.8) is 0 Å². The van der Waals surface area contributed by atoms with Gasteiger partial charge in [0.15, 0.2) is 0 Å². The highest BCUT2D eigenvalue weighted by atomic mass is 15.0. The molecule has 0 aliphatic carbocycles. The molecule has 0 bridgehead atoms. The summed E-state index contributed by atoms with van der Waals surface area (Å²) in [5.41, 5.74) is 1.21. The lowest BCUT2D eigenvalue weighted by molar-refractivity contribution is 1.21. The van der Waals surface area contributed by atoms with Crippen LogP contribution in [0.3, 0.4) is 0 Å². The van der Waals surface area contributed by atoms with E-state index in [-0.39, 0.29) is 0 Å². The first-order valence-electron chi connectivity index (χ1n) is 2.90. The van der Waals surface area contributed by atoms with E-state index in [1.165, 1.54) is 5.71 Å². The zero-order chi connectivity index (χ0) is 5.98. The second kappa shape index (κ2) is 2.07. The van der Waals surface area contributed by atoms with Crippen LogP contribution in [0.1, 0.15) is 20.3 Å². The fourth-order valence-corrected chi connectivity index (χ4v) is 0.696. The van der Waals surface area contributed by atoms with Crippen LogP contribution in [0.4, 0.5) is 0 Å². The van der Waals surface area contributed by atoms with E-state index >= 15 is 0 Å². The predicted octanol–water partition coefficient (Wildman–Crippen LogP) is 1.27. The monoisotopic (exact) mass is 110 g/mol. The molecule has 0 atom stereocenters. The Balaban J connectivity index is 2.56. The number of amidine groups is 1. The normalized spacial score (nSPS) is 18.2. The van der Waals surface area contributed by atoms with Crippen molar-refractivity contribution >= 4 is 11.5 Å². The number of nitrogens with zero attached hydrogens (tertiary/aromatic N) is 2. The summed E-state index contributed by atoms with van der Waals surface area (Å²) in [6.45, 7) is 4.87. The van der Waals surface area contributed by atoms with Crippen LogP contribution in [0.15, 0.2) is 9.98 Å². The first-order valence-corrected chi connectivity index (χ1v) is 2.90. The predicted molar refractivity (Wildman–Crippen MR) is 35.7 cm³/mol. The molecular formula is C6H10N2. The van der Waals surface area contributed by atoms with Gasteiger partial charge in [0.1, 0.15) is 5.84 Å². The summed E-state index contributed by atoms with van der Waals surface area (Å²) in [5.74, 6) is 0.932. The van der Waals surface area contributed by atoms with Gasteiger partial charge in [-0.1, -0.05) is 6.92 Å². The Kier molecular flexibility index (Phi) is 1.42. The van der Waals surface area contributed by atoms with E-state index in [9.17, 15) is 0 Å². The largest absolute Gasteiger partial charge is 0.265 e. The van der Waals surface area contributed by atoms with Crippen molar-refractivity contribution < 1.29 is 0 Å². The lowest BCUT2D eigenvalue weighted by Crippen LogP contribution is -1.94. The van der Waals surface area contributed by atoms with Crippen molar-refractivity contribution in [1.29, 1.82) is 0 Å². The standard InChI is InChI=1S/C6H10N2/c1-3-6-4-7-5(2)8-6/h3-4H2,1-2H3. The molecule has 1 aliphatic heterocycles. The molecule has 0 radical (unpaired) electrons. The van der Waals surface area contributed by atoms with E-state index in [1.54, 1.807) is 0 Å².